The smallest absolute Gasteiger partial charge is 0.0316 e. The average Bonchev–Trinajstić information content (AvgIpc) is 1.99. The molecule has 0 atom stereocenters. The third-order valence-electron chi connectivity index (χ3n) is 2.64. The first-order chi connectivity index (χ1) is 6.71. The first-order valence-corrected chi connectivity index (χ1v) is 5.57. The van der Waals surface area contributed by atoms with E-state index in [9.17, 15) is 0 Å². The van der Waals surface area contributed by atoms with Crippen molar-refractivity contribution in [1.82, 2.24) is 0 Å². The van der Waals surface area contributed by atoms with Gasteiger partial charge in [0.05, 0.1) is 0 Å². The minimum atomic E-state index is 0.188. The molecule has 84 valence electrons. The van der Waals surface area contributed by atoms with Crippen LogP contribution in [0.3, 0.4) is 0 Å². The van der Waals surface area contributed by atoms with Crippen LogP contribution in [0.15, 0.2) is 24.3 Å². The van der Waals surface area contributed by atoms with Crippen molar-refractivity contribution >= 4 is 5.69 Å². The molecule has 0 fully saturated rings. The standard InChI is InChI=1S/C14H23N/c1-13(2,3)10-14(4,5)11-7-6-8-12(15)9-11/h6-9H,10,15H2,1-5H3. The molecule has 0 unspecified atom stereocenters. The molecule has 1 rings (SSSR count). The number of hydrogen-bond donors (Lipinski definition) is 1. The molecule has 0 amide bonds. The summed E-state index contributed by atoms with van der Waals surface area (Å²) in [5, 5.41) is 0. The first kappa shape index (κ1) is 12.1. The molecule has 0 saturated carbocycles. The van der Waals surface area contributed by atoms with E-state index in [2.05, 4.69) is 46.8 Å². The topological polar surface area (TPSA) is 26.0 Å². The van der Waals surface area contributed by atoms with Gasteiger partial charge in [0.1, 0.15) is 0 Å². The van der Waals surface area contributed by atoms with E-state index in [0.717, 1.165) is 12.1 Å². The van der Waals surface area contributed by atoms with Gasteiger partial charge in [0, 0.05) is 5.69 Å². The number of anilines is 1. The fourth-order valence-corrected chi connectivity index (χ4v) is 2.39. The summed E-state index contributed by atoms with van der Waals surface area (Å²) in [6.07, 6.45) is 1.16. The van der Waals surface area contributed by atoms with Crippen LogP contribution in [-0.2, 0) is 5.41 Å². The second-order valence-electron chi connectivity index (χ2n) is 6.25. The van der Waals surface area contributed by atoms with Crippen molar-refractivity contribution in [2.45, 2.75) is 46.5 Å². The molecule has 2 N–H and O–H groups in total. The lowest BCUT2D eigenvalue weighted by Crippen LogP contribution is -2.24. The average molecular weight is 205 g/mol. The van der Waals surface area contributed by atoms with E-state index in [0.29, 0.717) is 5.41 Å². The van der Waals surface area contributed by atoms with Crippen LogP contribution in [0, 0.1) is 5.41 Å². The van der Waals surface area contributed by atoms with E-state index >= 15 is 0 Å². The fourth-order valence-electron chi connectivity index (χ4n) is 2.39. The maximum atomic E-state index is 5.82. The maximum Gasteiger partial charge on any atom is 0.0316 e. The molecule has 1 nitrogen and oxygen atoms in total. The van der Waals surface area contributed by atoms with Gasteiger partial charge in [-0.15, -0.1) is 0 Å². The predicted molar refractivity (Wildman–Crippen MR) is 68.0 cm³/mol. The molecular weight excluding hydrogens is 182 g/mol. The van der Waals surface area contributed by atoms with Crippen LogP contribution < -0.4 is 5.73 Å². The quantitative estimate of drug-likeness (QED) is 0.726. The van der Waals surface area contributed by atoms with Crippen molar-refractivity contribution in [1.29, 1.82) is 0 Å². The summed E-state index contributed by atoms with van der Waals surface area (Å²) in [5.74, 6) is 0. The zero-order valence-electron chi connectivity index (χ0n) is 10.6. The SMILES string of the molecule is CC(C)(C)CC(C)(C)c1cccc(N)c1. The van der Waals surface area contributed by atoms with Crippen molar-refractivity contribution in [2.24, 2.45) is 5.41 Å². The van der Waals surface area contributed by atoms with Gasteiger partial charge in [-0.3, -0.25) is 0 Å². The number of benzene rings is 1. The Morgan fingerprint density at radius 2 is 1.67 bits per heavy atom. The molecule has 15 heavy (non-hydrogen) atoms. The van der Waals surface area contributed by atoms with E-state index < -0.39 is 0 Å². The molecule has 0 spiro atoms. The molecular formula is C14H23N. The van der Waals surface area contributed by atoms with E-state index in [4.69, 9.17) is 5.73 Å². The lowest BCUT2D eigenvalue weighted by Gasteiger charge is -2.33. The summed E-state index contributed by atoms with van der Waals surface area (Å²) in [4.78, 5) is 0. The number of nitrogens with two attached hydrogens (primary N) is 1. The molecule has 0 saturated heterocycles. The molecule has 0 radical (unpaired) electrons. The summed E-state index contributed by atoms with van der Waals surface area (Å²) < 4.78 is 0. The van der Waals surface area contributed by atoms with E-state index in [1.807, 2.05) is 12.1 Å². The van der Waals surface area contributed by atoms with Crippen LogP contribution in [0.5, 0.6) is 0 Å². The Balaban J connectivity index is 2.95. The van der Waals surface area contributed by atoms with Crippen LogP contribution in [0.2, 0.25) is 0 Å². The Hall–Kier alpha value is -0.980. The Kier molecular flexibility index (Phi) is 3.13. The summed E-state index contributed by atoms with van der Waals surface area (Å²) in [5.41, 5.74) is 8.54. The minimum Gasteiger partial charge on any atom is -0.399 e. The Morgan fingerprint density at radius 3 is 2.13 bits per heavy atom. The summed E-state index contributed by atoms with van der Waals surface area (Å²) in [6, 6.07) is 8.24. The van der Waals surface area contributed by atoms with E-state index in [1.54, 1.807) is 0 Å². The molecule has 0 aromatic heterocycles. The molecule has 1 heteroatoms. The van der Waals surface area contributed by atoms with Gasteiger partial charge >= 0.3 is 0 Å². The van der Waals surface area contributed by atoms with Gasteiger partial charge in [0.25, 0.3) is 0 Å². The third kappa shape index (κ3) is 3.58. The highest BCUT2D eigenvalue weighted by molar-refractivity contribution is 5.43. The fraction of sp³-hybridized carbons (Fsp3) is 0.571. The van der Waals surface area contributed by atoms with Crippen LogP contribution in [0.4, 0.5) is 5.69 Å². The van der Waals surface area contributed by atoms with Crippen LogP contribution in [0.25, 0.3) is 0 Å². The first-order valence-electron chi connectivity index (χ1n) is 5.57. The number of nitrogen functional groups attached to an aromatic ring is 1. The lowest BCUT2D eigenvalue weighted by molar-refractivity contribution is 0.284. The van der Waals surface area contributed by atoms with Crippen LogP contribution in [0.1, 0.15) is 46.6 Å². The lowest BCUT2D eigenvalue weighted by atomic mass is 9.72. The van der Waals surface area contributed by atoms with Gasteiger partial charge in [-0.1, -0.05) is 46.8 Å². The highest BCUT2D eigenvalue weighted by Gasteiger charge is 2.27. The highest BCUT2D eigenvalue weighted by atomic mass is 14.5. The highest BCUT2D eigenvalue weighted by Crippen LogP contribution is 2.36. The van der Waals surface area contributed by atoms with Gasteiger partial charge < -0.3 is 5.73 Å². The maximum absolute atomic E-state index is 5.82. The van der Waals surface area contributed by atoms with Crippen molar-refractivity contribution in [3.63, 3.8) is 0 Å². The normalized spacial score (nSPS) is 12.9. The van der Waals surface area contributed by atoms with Crippen molar-refractivity contribution in [2.75, 3.05) is 5.73 Å². The van der Waals surface area contributed by atoms with E-state index in [1.165, 1.54) is 5.56 Å². The van der Waals surface area contributed by atoms with Gasteiger partial charge in [0.2, 0.25) is 0 Å². The summed E-state index contributed by atoms with van der Waals surface area (Å²) in [7, 11) is 0. The van der Waals surface area contributed by atoms with Crippen LogP contribution >= 0.6 is 0 Å². The number of hydrogen-bond acceptors (Lipinski definition) is 1. The van der Waals surface area contributed by atoms with Gasteiger partial charge in [-0.05, 0) is 34.9 Å². The molecule has 0 heterocycles. The minimum absolute atomic E-state index is 0.188. The Bertz CT molecular complexity index is 331. The summed E-state index contributed by atoms with van der Waals surface area (Å²) in [6.45, 7) is 11.4. The van der Waals surface area contributed by atoms with Gasteiger partial charge in [-0.25, -0.2) is 0 Å². The van der Waals surface area contributed by atoms with E-state index in [-0.39, 0.29) is 5.41 Å². The molecule has 1 aromatic rings. The molecule has 0 aliphatic rings. The Labute approximate surface area is 93.7 Å². The second-order valence-corrected chi connectivity index (χ2v) is 6.25. The van der Waals surface area contributed by atoms with Gasteiger partial charge in [0.15, 0.2) is 0 Å². The molecule has 0 bridgehead atoms. The van der Waals surface area contributed by atoms with Crippen molar-refractivity contribution in [3.8, 4) is 0 Å². The number of rotatable bonds is 2. The van der Waals surface area contributed by atoms with Crippen LogP contribution in [-0.4, -0.2) is 0 Å². The van der Waals surface area contributed by atoms with Gasteiger partial charge in [-0.2, -0.15) is 0 Å². The molecule has 0 aliphatic carbocycles. The third-order valence-corrected chi connectivity index (χ3v) is 2.64. The molecule has 0 aliphatic heterocycles. The zero-order valence-corrected chi connectivity index (χ0v) is 10.6. The van der Waals surface area contributed by atoms with Crippen molar-refractivity contribution in [3.05, 3.63) is 29.8 Å². The molecule has 1 aromatic carbocycles. The Morgan fingerprint density at radius 1 is 1.07 bits per heavy atom. The second kappa shape index (κ2) is 3.88. The van der Waals surface area contributed by atoms with Crippen molar-refractivity contribution < 1.29 is 0 Å². The predicted octanol–water partition coefficient (Wildman–Crippen LogP) is 3.98. The largest absolute Gasteiger partial charge is 0.399 e. The summed E-state index contributed by atoms with van der Waals surface area (Å²) >= 11 is 0. The monoisotopic (exact) mass is 205 g/mol. The zero-order chi connectivity index (χ0) is 11.7.